The normalized spacial score (nSPS) is 15.4. The standard InChI is InChI=1S/C23H26FN3O/c1-6-27-21-12-20(24)18(11-19(21)16(3)13-23(27,4)5)14-25-26-22(28)17-9-7-15(2)8-10-17/h7-14H,6H2,1-5H3,(H,26,28)/b25-14-. The van der Waals surface area contributed by atoms with Gasteiger partial charge in [0.15, 0.2) is 0 Å². The zero-order valence-corrected chi connectivity index (χ0v) is 17.0. The molecule has 146 valence electrons. The second-order valence-electron chi connectivity index (χ2n) is 7.68. The summed E-state index contributed by atoms with van der Waals surface area (Å²) in [7, 11) is 0. The van der Waals surface area contributed by atoms with Crippen molar-refractivity contribution in [3.63, 3.8) is 0 Å². The summed E-state index contributed by atoms with van der Waals surface area (Å²) in [5.41, 5.74) is 7.17. The number of fused-ring (bicyclic) bond motifs is 1. The van der Waals surface area contributed by atoms with E-state index in [1.807, 2.05) is 26.0 Å². The first-order chi connectivity index (χ1) is 13.2. The van der Waals surface area contributed by atoms with Crippen LogP contribution in [0, 0.1) is 12.7 Å². The maximum Gasteiger partial charge on any atom is 0.271 e. The quantitative estimate of drug-likeness (QED) is 0.605. The van der Waals surface area contributed by atoms with E-state index in [0.717, 1.165) is 28.9 Å². The highest BCUT2D eigenvalue weighted by atomic mass is 19.1. The molecule has 28 heavy (non-hydrogen) atoms. The van der Waals surface area contributed by atoms with Gasteiger partial charge >= 0.3 is 0 Å². The maximum atomic E-state index is 14.7. The number of allylic oxidation sites excluding steroid dienone is 1. The first-order valence-corrected chi connectivity index (χ1v) is 9.44. The topological polar surface area (TPSA) is 44.7 Å². The summed E-state index contributed by atoms with van der Waals surface area (Å²) in [6.07, 6.45) is 3.54. The van der Waals surface area contributed by atoms with Crippen molar-refractivity contribution in [1.29, 1.82) is 0 Å². The largest absolute Gasteiger partial charge is 0.363 e. The van der Waals surface area contributed by atoms with Gasteiger partial charge in [0.05, 0.1) is 11.8 Å². The molecule has 1 heterocycles. The van der Waals surface area contributed by atoms with Gasteiger partial charge in [-0.15, -0.1) is 0 Å². The zero-order valence-electron chi connectivity index (χ0n) is 17.0. The molecule has 0 atom stereocenters. The van der Waals surface area contributed by atoms with Crippen molar-refractivity contribution in [2.75, 3.05) is 11.4 Å². The molecule has 0 spiro atoms. The molecule has 0 saturated heterocycles. The number of hydrogen-bond donors (Lipinski definition) is 1. The van der Waals surface area contributed by atoms with E-state index in [9.17, 15) is 9.18 Å². The number of benzene rings is 2. The van der Waals surface area contributed by atoms with E-state index >= 15 is 0 Å². The van der Waals surface area contributed by atoms with Crippen LogP contribution in [0.3, 0.4) is 0 Å². The average molecular weight is 379 g/mol. The number of carbonyl (C=O) groups is 1. The van der Waals surface area contributed by atoms with E-state index < -0.39 is 0 Å². The van der Waals surface area contributed by atoms with Gasteiger partial charge in [0.2, 0.25) is 0 Å². The molecule has 2 aromatic rings. The second-order valence-corrected chi connectivity index (χ2v) is 7.68. The Balaban J connectivity index is 1.84. The van der Waals surface area contributed by atoms with Gasteiger partial charge in [-0.3, -0.25) is 4.79 Å². The lowest BCUT2D eigenvalue weighted by atomic mass is 9.88. The highest BCUT2D eigenvalue weighted by Gasteiger charge is 2.30. The number of hydrogen-bond acceptors (Lipinski definition) is 3. The van der Waals surface area contributed by atoms with E-state index in [2.05, 4.69) is 42.3 Å². The Labute approximate surface area is 165 Å². The fraction of sp³-hybridized carbons (Fsp3) is 0.304. The van der Waals surface area contributed by atoms with Crippen molar-refractivity contribution >= 4 is 23.4 Å². The van der Waals surface area contributed by atoms with Crippen LogP contribution in [-0.2, 0) is 0 Å². The number of likely N-dealkylation sites (N-methyl/N-ethyl adjacent to an activating group) is 1. The third-order valence-electron chi connectivity index (χ3n) is 5.10. The number of hydrazone groups is 1. The van der Waals surface area contributed by atoms with Crippen molar-refractivity contribution in [2.24, 2.45) is 5.10 Å². The molecular weight excluding hydrogens is 353 g/mol. The molecule has 0 unspecified atom stereocenters. The molecule has 4 nitrogen and oxygen atoms in total. The summed E-state index contributed by atoms with van der Waals surface area (Å²) < 4.78 is 14.7. The van der Waals surface area contributed by atoms with Crippen LogP contribution >= 0.6 is 0 Å². The zero-order chi connectivity index (χ0) is 20.5. The minimum absolute atomic E-state index is 0.171. The Kier molecular flexibility index (Phi) is 5.36. The number of anilines is 1. The third kappa shape index (κ3) is 3.84. The second kappa shape index (κ2) is 7.58. The van der Waals surface area contributed by atoms with Crippen molar-refractivity contribution < 1.29 is 9.18 Å². The predicted octanol–water partition coefficient (Wildman–Crippen LogP) is 4.92. The summed E-state index contributed by atoms with van der Waals surface area (Å²) in [4.78, 5) is 14.3. The number of rotatable bonds is 4. The lowest BCUT2D eigenvalue weighted by molar-refractivity contribution is 0.0955. The molecule has 0 fully saturated rings. The highest BCUT2D eigenvalue weighted by Crippen LogP contribution is 2.39. The molecule has 5 heteroatoms. The van der Waals surface area contributed by atoms with Gasteiger partial charge in [0.25, 0.3) is 5.91 Å². The van der Waals surface area contributed by atoms with Crippen LogP contribution in [0.1, 0.15) is 54.7 Å². The van der Waals surface area contributed by atoms with E-state index in [4.69, 9.17) is 0 Å². The molecule has 1 amide bonds. The summed E-state index contributed by atoms with van der Waals surface area (Å²) in [5.74, 6) is -0.694. The Hall–Kier alpha value is -2.95. The number of nitrogens with one attached hydrogen (secondary N) is 1. The molecule has 0 aliphatic carbocycles. The van der Waals surface area contributed by atoms with Crippen molar-refractivity contribution in [3.05, 3.63) is 70.5 Å². The van der Waals surface area contributed by atoms with Crippen molar-refractivity contribution in [1.82, 2.24) is 5.43 Å². The fourth-order valence-electron chi connectivity index (χ4n) is 3.72. The Morgan fingerprint density at radius 1 is 1.21 bits per heavy atom. The molecule has 0 bridgehead atoms. The third-order valence-corrected chi connectivity index (χ3v) is 5.10. The predicted molar refractivity (Wildman–Crippen MR) is 113 cm³/mol. The van der Waals surface area contributed by atoms with Crippen LogP contribution < -0.4 is 10.3 Å². The van der Waals surface area contributed by atoms with Gasteiger partial charge in [-0.1, -0.05) is 23.8 Å². The highest BCUT2D eigenvalue weighted by molar-refractivity contribution is 5.95. The first-order valence-electron chi connectivity index (χ1n) is 9.44. The molecular formula is C23H26FN3O. The Bertz CT molecular complexity index is 959. The Morgan fingerprint density at radius 2 is 1.89 bits per heavy atom. The van der Waals surface area contributed by atoms with Gasteiger partial charge in [0.1, 0.15) is 5.82 Å². The summed E-state index contributed by atoms with van der Waals surface area (Å²) >= 11 is 0. The molecule has 0 aromatic heterocycles. The molecule has 2 aromatic carbocycles. The number of carbonyl (C=O) groups excluding carboxylic acids is 1. The first kappa shape index (κ1) is 19.8. The van der Waals surface area contributed by atoms with Crippen molar-refractivity contribution in [2.45, 2.75) is 40.2 Å². The van der Waals surface area contributed by atoms with Crippen LogP contribution in [0.5, 0.6) is 0 Å². The van der Waals surface area contributed by atoms with Crippen LogP contribution in [0.2, 0.25) is 0 Å². The average Bonchev–Trinajstić information content (AvgIpc) is 2.62. The van der Waals surface area contributed by atoms with Crippen LogP contribution in [0.4, 0.5) is 10.1 Å². The van der Waals surface area contributed by atoms with E-state index in [1.54, 1.807) is 24.3 Å². The SMILES string of the molecule is CCN1c2cc(F)c(/C=N\NC(=O)c3ccc(C)cc3)cc2C(C)=CC1(C)C. The van der Waals surface area contributed by atoms with Crippen molar-refractivity contribution in [3.8, 4) is 0 Å². The van der Waals surface area contributed by atoms with Gasteiger partial charge in [-0.05, 0) is 64.5 Å². The van der Waals surface area contributed by atoms with Gasteiger partial charge in [-0.2, -0.15) is 5.10 Å². The Morgan fingerprint density at radius 3 is 2.54 bits per heavy atom. The van der Waals surface area contributed by atoms with E-state index in [-0.39, 0.29) is 17.3 Å². The number of aryl methyl sites for hydroxylation is 1. The summed E-state index contributed by atoms with van der Waals surface area (Å²) in [5, 5.41) is 3.95. The summed E-state index contributed by atoms with van der Waals surface area (Å²) in [6, 6.07) is 10.5. The van der Waals surface area contributed by atoms with E-state index in [1.165, 1.54) is 6.21 Å². The fourth-order valence-corrected chi connectivity index (χ4v) is 3.72. The molecule has 1 N–H and O–H groups in total. The van der Waals surface area contributed by atoms with Crippen LogP contribution in [0.25, 0.3) is 5.57 Å². The smallest absolute Gasteiger partial charge is 0.271 e. The van der Waals surface area contributed by atoms with Gasteiger partial charge in [-0.25, -0.2) is 9.82 Å². The number of amides is 1. The minimum Gasteiger partial charge on any atom is -0.363 e. The molecule has 0 radical (unpaired) electrons. The minimum atomic E-state index is -0.365. The monoisotopic (exact) mass is 379 g/mol. The van der Waals surface area contributed by atoms with Crippen LogP contribution in [-0.4, -0.2) is 24.2 Å². The number of halogens is 1. The van der Waals surface area contributed by atoms with Gasteiger partial charge < -0.3 is 4.90 Å². The van der Waals surface area contributed by atoms with Crippen LogP contribution in [0.15, 0.2) is 47.6 Å². The molecule has 3 rings (SSSR count). The lowest BCUT2D eigenvalue weighted by Gasteiger charge is -2.42. The maximum absolute atomic E-state index is 14.7. The molecule has 1 aliphatic rings. The molecule has 1 aliphatic heterocycles. The van der Waals surface area contributed by atoms with E-state index in [0.29, 0.717) is 11.1 Å². The lowest BCUT2D eigenvalue weighted by Crippen LogP contribution is -2.45. The number of nitrogens with zero attached hydrogens (tertiary/aromatic N) is 2. The summed E-state index contributed by atoms with van der Waals surface area (Å²) in [6.45, 7) is 11.1. The van der Waals surface area contributed by atoms with Gasteiger partial charge in [0, 0.05) is 28.9 Å². The molecule has 0 saturated carbocycles.